The average Bonchev–Trinajstić information content (AvgIpc) is 3.14. The molecule has 0 saturated heterocycles. The number of benzene rings is 2. The van der Waals surface area contributed by atoms with Crippen LogP contribution in [0, 0.1) is 0 Å². The van der Waals surface area contributed by atoms with E-state index in [1.54, 1.807) is 6.08 Å². The lowest BCUT2D eigenvalue weighted by Crippen LogP contribution is -2.30. The van der Waals surface area contributed by atoms with Crippen LogP contribution in [0.3, 0.4) is 0 Å². The van der Waals surface area contributed by atoms with Crippen molar-refractivity contribution in [3.05, 3.63) is 88.4 Å². The lowest BCUT2D eigenvalue weighted by molar-refractivity contribution is -0.111. The van der Waals surface area contributed by atoms with Crippen LogP contribution in [0.1, 0.15) is 22.4 Å². The highest BCUT2D eigenvalue weighted by Gasteiger charge is 2.17. The highest BCUT2D eigenvalue weighted by Crippen LogP contribution is 2.22. The fraction of sp³-hybridized carbons (Fsp3) is 0.182. The predicted octanol–water partition coefficient (Wildman–Crippen LogP) is 4.78. The Hall–Kier alpha value is -2.47. The SMILES string of the molecule is Cl.O=C(C=Cc1ccccc1)Nc1nc(CN2CCc3ccccc3C2)cs1. The van der Waals surface area contributed by atoms with Crippen molar-refractivity contribution in [2.24, 2.45) is 0 Å². The van der Waals surface area contributed by atoms with Crippen LogP contribution in [-0.4, -0.2) is 22.3 Å². The molecule has 6 heteroatoms. The van der Waals surface area contributed by atoms with E-state index in [9.17, 15) is 4.79 Å². The zero-order chi connectivity index (χ0) is 18.5. The molecule has 144 valence electrons. The number of carbonyl (C=O) groups excluding carboxylic acids is 1. The molecule has 1 aromatic heterocycles. The first kappa shape index (κ1) is 20.3. The number of nitrogens with one attached hydrogen (secondary N) is 1. The van der Waals surface area contributed by atoms with E-state index < -0.39 is 0 Å². The number of hydrogen-bond donors (Lipinski definition) is 1. The quantitative estimate of drug-likeness (QED) is 0.615. The van der Waals surface area contributed by atoms with E-state index in [2.05, 4.69) is 39.5 Å². The molecule has 0 aliphatic carbocycles. The summed E-state index contributed by atoms with van der Waals surface area (Å²) in [4.78, 5) is 19.0. The maximum absolute atomic E-state index is 12.1. The van der Waals surface area contributed by atoms with Crippen molar-refractivity contribution < 1.29 is 4.79 Å². The van der Waals surface area contributed by atoms with Crippen molar-refractivity contribution in [2.75, 3.05) is 11.9 Å². The number of nitrogens with zero attached hydrogens (tertiary/aromatic N) is 2. The van der Waals surface area contributed by atoms with Crippen molar-refractivity contribution in [2.45, 2.75) is 19.5 Å². The number of hydrogen-bond acceptors (Lipinski definition) is 4. The topological polar surface area (TPSA) is 45.2 Å². The van der Waals surface area contributed by atoms with Gasteiger partial charge in [-0.15, -0.1) is 23.7 Å². The van der Waals surface area contributed by atoms with Gasteiger partial charge in [-0.1, -0.05) is 54.6 Å². The Balaban J connectivity index is 0.00000225. The van der Waals surface area contributed by atoms with E-state index in [1.165, 1.54) is 28.5 Å². The van der Waals surface area contributed by atoms with Crippen LogP contribution in [0.4, 0.5) is 5.13 Å². The number of thiazole rings is 1. The Morgan fingerprint density at radius 2 is 1.86 bits per heavy atom. The molecule has 1 aliphatic heterocycles. The van der Waals surface area contributed by atoms with Crippen LogP contribution in [0.25, 0.3) is 6.08 Å². The zero-order valence-electron chi connectivity index (χ0n) is 15.4. The Morgan fingerprint density at radius 3 is 2.68 bits per heavy atom. The monoisotopic (exact) mass is 411 g/mol. The van der Waals surface area contributed by atoms with Gasteiger partial charge in [-0.2, -0.15) is 0 Å². The second-order valence-electron chi connectivity index (χ2n) is 6.61. The summed E-state index contributed by atoms with van der Waals surface area (Å²) >= 11 is 1.47. The molecule has 1 N–H and O–H groups in total. The van der Waals surface area contributed by atoms with Gasteiger partial charge in [0.25, 0.3) is 0 Å². The number of rotatable bonds is 5. The van der Waals surface area contributed by atoms with Crippen molar-refractivity contribution in [3.8, 4) is 0 Å². The minimum absolute atomic E-state index is 0. The highest BCUT2D eigenvalue weighted by atomic mass is 35.5. The summed E-state index contributed by atoms with van der Waals surface area (Å²) < 4.78 is 0. The third kappa shape index (κ3) is 5.29. The van der Waals surface area contributed by atoms with Gasteiger partial charge in [-0.3, -0.25) is 15.0 Å². The largest absolute Gasteiger partial charge is 0.298 e. The Morgan fingerprint density at radius 1 is 1.11 bits per heavy atom. The smallest absolute Gasteiger partial charge is 0.250 e. The van der Waals surface area contributed by atoms with Crippen LogP contribution in [0.2, 0.25) is 0 Å². The van der Waals surface area contributed by atoms with Crippen LogP contribution < -0.4 is 5.32 Å². The molecule has 0 bridgehead atoms. The van der Waals surface area contributed by atoms with Gasteiger partial charge < -0.3 is 0 Å². The molecule has 0 unspecified atom stereocenters. The molecule has 1 aliphatic rings. The fourth-order valence-electron chi connectivity index (χ4n) is 3.24. The van der Waals surface area contributed by atoms with Gasteiger partial charge in [0.2, 0.25) is 5.91 Å². The molecule has 2 aromatic carbocycles. The molecular weight excluding hydrogens is 390 g/mol. The van der Waals surface area contributed by atoms with Crippen molar-refractivity contribution in [3.63, 3.8) is 0 Å². The molecule has 4 nitrogen and oxygen atoms in total. The van der Waals surface area contributed by atoms with Gasteiger partial charge >= 0.3 is 0 Å². The van der Waals surface area contributed by atoms with Crippen molar-refractivity contribution >= 4 is 40.9 Å². The molecule has 0 saturated carbocycles. The fourth-order valence-corrected chi connectivity index (χ4v) is 3.94. The zero-order valence-corrected chi connectivity index (χ0v) is 17.0. The van der Waals surface area contributed by atoms with Crippen molar-refractivity contribution in [1.29, 1.82) is 0 Å². The number of anilines is 1. The number of amides is 1. The molecule has 28 heavy (non-hydrogen) atoms. The maximum Gasteiger partial charge on any atom is 0.250 e. The van der Waals surface area contributed by atoms with Gasteiger partial charge in [0.15, 0.2) is 5.13 Å². The van der Waals surface area contributed by atoms with Crippen LogP contribution in [-0.2, 0) is 24.3 Å². The lowest BCUT2D eigenvalue weighted by atomic mass is 10.00. The molecule has 0 spiro atoms. The predicted molar refractivity (Wildman–Crippen MR) is 118 cm³/mol. The standard InChI is InChI=1S/C22H21N3OS.ClH/c26-21(11-10-17-6-2-1-3-7-17)24-22-23-20(16-27-22)15-25-13-12-18-8-4-5-9-19(18)14-25;/h1-11,16H,12-15H2,(H,23,24,26);1H. The molecule has 3 aromatic rings. The molecule has 0 atom stereocenters. The highest BCUT2D eigenvalue weighted by molar-refractivity contribution is 7.13. The molecule has 0 fully saturated rings. The van der Waals surface area contributed by atoms with E-state index in [4.69, 9.17) is 0 Å². The van der Waals surface area contributed by atoms with Gasteiger partial charge in [0, 0.05) is 31.1 Å². The number of carbonyl (C=O) groups is 1. The summed E-state index contributed by atoms with van der Waals surface area (Å²) in [5.41, 5.74) is 4.85. The summed E-state index contributed by atoms with van der Waals surface area (Å²) in [5.74, 6) is -0.161. The third-order valence-electron chi connectivity index (χ3n) is 4.60. The van der Waals surface area contributed by atoms with Gasteiger partial charge in [-0.25, -0.2) is 4.98 Å². The van der Waals surface area contributed by atoms with Gasteiger partial charge in [0.1, 0.15) is 0 Å². The third-order valence-corrected chi connectivity index (χ3v) is 5.41. The summed E-state index contributed by atoms with van der Waals surface area (Å²) in [7, 11) is 0. The summed E-state index contributed by atoms with van der Waals surface area (Å²) in [6, 6.07) is 18.4. The average molecular weight is 412 g/mol. The van der Waals surface area contributed by atoms with E-state index in [0.29, 0.717) is 5.13 Å². The Kier molecular flexibility index (Phi) is 6.98. The normalized spacial score (nSPS) is 13.7. The molecular formula is C22H22ClN3OS. The van der Waals surface area contributed by atoms with E-state index in [1.807, 2.05) is 35.7 Å². The molecule has 0 radical (unpaired) electrons. The van der Waals surface area contributed by atoms with Crippen LogP contribution in [0.5, 0.6) is 0 Å². The summed E-state index contributed by atoms with van der Waals surface area (Å²) in [6.45, 7) is 2.80. The molecule has 2 heterocycles. The Bertz CT molecular complexity index is 955. The minimum Gasteiger partial charge on any atom is -0.298 e. The van der Waals surface area contributed by atoms with Crippen LogP contribution in [0.15, 0.2) is 66.1 Å². The van der Waals surface area contributed by atoms with Crippen molar-refractivity contribution in [1.82, 2.24) is 9.88 Å². The van der Waals surface area contributed by atoms with E-state index >= 15 is 0 Å². The lowest BCUT2D eigenvalue weighted by Gasteiger charge is -2.27. The number of fused-ring (bicyclic) bond motifs is 1. The number of halogens is 1. The molecule has 1 amide bonds. The summed E-state index contributed by atoms with van der Waals surface area (Å²) in [5, 5.41) is 5.52. The number of aromatic nitrogens is 1. The second-order valence-corrected chi connectivity index (χ2v) is 7.46. The van der Waals surface area contributed by atoms with Crippen LogP contribution >= 0.6 is 23.7 Å². The summed E-state index contributed by atoms with van der Waals surface area (Å²) in [6.07, 6.45) is 4.42. The first-order valence-corrected chi connectivity index (χ1v) is 9.92. The van der Waals surface area contributed by atoms with Gasteiger partial charge in [-0.05, 0) is 29.2 Å². The first-order valence-electron chi connectivity index (χ1n) is 9.04. The van der Waals surface area contributed by atoms with E-state index in [-0.39, 0.29) is 18.3 Å². The molecule has 4 rings (SSSR count). The van der Waals surface area contributed by atoms with Gasteiger partial charge in [0.05, 0.1) is 5.69 Å². The first-order chi connectivity index (χ1) is 13.3. The Labute approximate surface area is 175 Å². The minimum atomic E-state index is -0.161. The van der Waals surface area contributed by atoms with E-state index in [0.717, 1.165) is 37.3 Å². The second kappa shape index (κ2) is 9.64. The maximum atomic E-state index is 12.1.